The second-order valence-corrected chi connectivity index (χ2v) is 8.30. The summed E-state index contributed by atoms with van der Waals surface area (Å²) >= 11 is 0. The molecule has 0 radical (unpaired) electrons. The molecule has 1 aromatic heterocycles. The molecule has 0 bridgehead atoms. The number of ether oxygens (including phenoxy) is 1. The molecule has 0 amide bonds. The van der Waals surface area contributed by atoms with E-state index in [1.807, 2.05) is 6.20 Å². The summed E-state index contributed by atoms with van der Waals surface area (Å²) in [5.41, 5.74) is 4.48. The Bertz CT molecular complexity index is 1080. The van der Waals surface area contributed by atoms with E-state index in [2.05, 4.69) is 59.5 Å². The van der Waals surface area contributed by atoms with Crippen LogP contribution >= 0.6 is 0 Å². The zero-order valence-electron chi connectivity index (χ0n) is 16.7. The molecule has 5 rings (SSSR count). The largest absolute Gasteiger partial charge is 0.380 e. The average Bonchev–Trinajstić information content (AvgIpc) is 3.67. The quantitative estimate of drug-likeness (QED) is 0.536. The highest BCUT2D eigenvalue weighted by atomic mass is 16.5. The smallest absolute Gasteiger partial charge is 0.0731 e. The minimum Gasteiger partial charge on any atom is -0.380 e. The Labute approximate surface area is 171 Å². The standard InChI is InChI=1S/C25H25N3O/c1-29-16-20-11-21(14-27-25(20)23-12-19(23)13-26)28(15-17-9-10-17)24-8-4-6-18-5-2-3-7-22(18)24/h2-8,11,14,17,19,23H,9-10,12,15-16H2,1H3. The zero-order valence-corrected chi connectivity index (χ0v) is 16.7. The van der Waals surface area contributed by atoms with Crippen molar-refractivity contribution in [1.82, 2.24) is 4.98 Å². The SMILES string of the molecule is COCc1cc(N(CC2CC2)c2cccc3ccccc23)cnc1C1CC1C#N. The van der Waals surface area contributed by atoms with Crippen LogP contribution in [0.4, 0.5) is 11.4 Å². The second kappa shape index (κ2) is 7.50. The summed E-state index contributed by atoms with van der Waals surface area (Å²) in [6, 6.07) is 19.7. The lowest BCUT2D eigenvalue weighted by Gasteiger charge is -2.27. The van der Waals surface area contributed by atoms with E-state index >= 15 is 0 Å². The number of benzene rings is 2. The van der Waals surface area contributed by atoms with Gasteiger partial charge in [0.1, 0.15) is 0 Å². The molecule has 146 valence electrons. The predicted octanol–water partition coefficient (Wildman–Crippen LogP) is 5.56. The van der Waals surface area contributed by atoms with E-state index in [0.29, 0.717) is 6.61 Å². The molecule has 2 fully saturated rings. The summed E-state index contributed by atoms with van der Waals surface area (Å²) in [6.45, 7) is 1.53. The fourth-order valence-electron chi connectivity index (χ4n) is 4.25. The van der Waals surface area contributed by atoms with E-state index in [-0.39, 0.29) is 11.8 Å². The van der Waals surface area contributed by atoms with Crippen LogP contribution in [-0.4, -0.2) is 18.6 Å². The van der Waals surface area contributed by atoms with Gasteiger partial charge in [-0.25, -0.2) is 0 Å². The topological polar surface area (TPSA) is 49.1 Å². The number of fused-ring (bicyclic) bond motifs is 1. The molecule has 0 N–H and O–H groups in total. The van der Waals surface area contributed by atoms with Gasteiger partial charge in [-0.1, -0.05) is 36.4 Å². The van der Waals surface area contributed by atoms with Crippen molar-refractivity contribution in [1.29, 1.82) is 5.26 Å². The molecule has 29 heavy (non-hydrogen) atoms. The van der Waals surface area contributed by atoms with Gasteiger partial charge in [-0.05, 0) is 42.7 Å². The van der Waals surface area contributed by atoms with Gasteiger partial charge < -0.3 is 9.64 Å². The van der Waals surface area contributed by atoms with Gasteiger partial charge in [0.05, 0.1) is 36.2 Å². The third-order valence-electron chi connectivity index (χ3n) is 6.10. The van der Waals surface area contributed by atoms with E-state index in [4.69, 9.17) is 9.72 Å². The Morgan fingerprint density at radius 3 is 2.76 bits per heavy atom. The van der Waals surface area contributed by atoms with Crippen LogP contribution in [0.15, 0.2) is 54.7 Å². The van der Waals surface area contributed by atoms with Gasteiger partial charge in [-0.15, -0.1) is 0 Å². The highest BCUT2D eigenvalue weighted by molar-refractivity contribution is 5.96. The summed E-state index contributed by atoms with van der Waals surface area (Å²) < 4.78 is 5.48. The van der Waals surface area contributed by atoms with Crippen molar-refractivity contribution < 1.29 is 4.74 Å². The average molecular weight is 383 g/mol. The van der Waals surface area contributed by atoms with Crippen LogP contribution in [0, 0.1) is 23.2 Å². The van der Waals surface area contributed by atoms with Gasteiger partial charge in [-0.2, -0.15) is 5.26 Å². The Morgan fingerprint density at radius 2 is 2.00 bits per heavy atom. The first kappa shape index (κ1) is 18.1. The molecule has 0 spiro atoms. The van der Waals surface area contributed by atoms with E-state index in [1.54, 1.807) is 7.11 Å². The van der Waals surface area contributed by atoms with Gasteiger partial charge >= 0.3 is 0 Å². The maximum Gasteiger partial charge on any atom is 0.0731 e. The van der Waals surface area contributed by atoms with Crippen molar-refractivity contribution in [2.45, 2.75) is 31.8 Å². The number of methoxy groups -OCH3 is 1. The number of anilines is 2. The molecule has 4 heteroatoms. The predicted molar refractivity (Wildman–Crippen MR) is 115 cm³/mol. The van der Waals surface area contributed by atoms with Crippen molar-refractivity contribution in [3.05, 3.63) is 66.0 Å². The lowest BCUT2D eigenvalue weighted by Crippen LogP contribution is -2.21. The lowest BCUT2D eigenvalue weighted by atomic mass is 10.1. The molecular weight excluding hydrogens is 358 g/mol. The van der Waals surface area contributed by atoms with E-state index in [9.17, 15) is 5.26 Å². The van der Waals surface area contributed by atoms with Gasteiger partial charge in [0.25, 0.3) is 0 Å². The first-order valence-corrected chi connectivity index (χ1v) is 10.4. The molecular formula is C25H25N3O. The number of rotatable bonds is 7. The van der Waals surface area contributed by atoms with Gasteiger partial charge in [0.15, 0.2) is 0 Å². The summed E-state index contributed by atoms with van der Waals surface area (Å²) in [5, 5.41) is 11.8. The Hall–Kier alpha value is -2.90. The highest BCUT2D eigenvalue weighted by Gasteiger charge is 2.41. The Morgan fingerprint density at radius 1 is 1.17 bits per heavy atom. The molecule has 0 saturated heterocycles. The van der Waals surface area contributed by atoms with Gasteiger partial charge in [0.2, 0.25) is 0 Å². The number of hydrogen-bond donors (Lipinski definition) is 0. The van der Waals surface area contributed by atoms with E-state index < -0.39 is 0 Å². The first-order valence-electron chi connectivity index (χ1n) is 10.4. The normalized spacial score (nSPS) is 20.4. The summed E-state index contributed by atoms with van der Waals surface area (Å²) in [6.07, 6.45) is 5.49. The zero-order chi connectivity index (χ0) is 19.8. The molecule has 2 saturated carbocycles. The molecule has 4 nitrogen and oxygen atoms in total. The maximum absolute atomic E-state index is 9.24. The van der Waals surface area contributed by atoms with Crippen LogP contribution in [0.25, 0.3) is 10.8 Å². The molecule has 2 unspecified atom stereocenters. The number of nitriles is 1. The van der Waals surface area contributed by atoms with Gasteiger partial charge in [0, 0.05) is 36.2 Å². The third-order valence-corrected chi connectivity index (χ3v) is 6.10. The van der Waals surface area contributed by atoms with Crippen LogP contribution < -0.4 is 4.90 Å². The number of hydrogen-bond acceptors (Lipinski definition) is 4. The van der Waals surface area contributed by atoms with E-state index in [0.717, 1.165) is 35.8 Å². The molecule has 0 aliphatic heterocycles. The van der Waals surface area contributed by atoms with Crippen LogP contribution in [0.5, 0.6) is 0 Å². The fourth-order valence-corrected chi connectivity index (χ4v) is 4.25. The number of pyridine rings is 1. The third kappa shape index (κ3) is 3.59. The van der Waals surface area contributed by atoms with Crippen molar-refractivity contribution in [3.63, 3.8) is 0 Å². The second-order valence-electron chi connectivity index (χ2n) is 8.30. The molecule has 2 aromatic carbocycles. The minimum absolute atomic E-state index is 0.101. The Kier molecular flexibility index (Phi) is 4.69. The highest BCUT2D eigenvalue weighted by Crippen LogP contribution is 2.48. The molecule has 1 heterocycles. The molecule has 2 aliphatic rings. The van der Waals surface area contributed by atoms with E-state index in [1.165, 1.54) is 29.3 Å². The summed E-state index contributed by atoms with van der Waals surface area (Å²) in [5.74, 6) is 1.10. The molecule has 2 atom stereocenters. The van der Waals surface area contributed by atoms with Crippen molar-refractivity contribution in [2.24, 2.45) is 11.8 Å². The van der Waals surface area contributed by atoms with Crippen LogP contribution in [0.1, 0.15) is 36.4 Å². The number of nitrogens with zero attached hydrogens (tertiary/aromatic N) is 3. The van der Waals surface area contributed by atoms with Crippen LogP contribution in [0.2, 0.25) is 0 Å². The lowest BCUT2D eigenvalue weighted by molar-refractivity contribution is 0.183. The Balaban J connectivity index is 1.58. The maximum atomic E-state index is 9.24. The summed E-state index contributed by atoms with van der Waals surface area (Å²) in [4.78, 5) is 7.26. The minimum atomic E-state index is 0.101. The first-order chi connectivity index (χ1) is 14.3. The molecule has 3 aromatic rings. The van der Waals surface area contributed by atoms with Gasteiger partial charge in [-0.3, -0.25) is 4.98 Å². The molecule has 2 aliphatic carbocycles. The van der Waals surface area contributed by atoms with Crippen molar-refractivity contribution >= 4 is 22.1 Å². The number of aromatic nitrogens is 1. The van der Waals surface area contributed by atoms with Crippen LogP contribution in [0.3, 0.4) is 0 Å². The van der Waals surface area contributed by atoms with Crippen molar-refractivity contribution in [2.75, 3.05) is 18.6 Å². The van der Waals surface area contributed by atoms with Crippen LogP contribution in [-0.2, 0) is 11.3 Å². The monoisotopic (exact) mass is 383 g/mol. The van der Waals surface area contributed by atoms with Crippen molar-refractivity contribution in [3.8, 4) is 6.07 Å². The summed E-state index contributed by atoms with van der Waals surface area (Å²) in [7, 11) is 1.72. The fraction of sp³-hybridized carbons (Fsp3) is 0.360.